The number of carbonyl (C=O) groups is 1. The molecule has 0 aromatic heterocycles. The van der Waals surface area contributed by atoms with Crippen molar-refractivity contribution in [2.45, 2.75) is 59.0 Å². The van der Waals surface area contributed by atoms with Gasteiger partial charge in [0, 0.05) is 32.2 Å². The number of likely N-dealkylation sites (tertiary alicyclic amines) is 2. The number of piperazine rings is 1. The first-order valence-corrected chi connectivity index (χ1v) is 12.9. The fourth-order valence-corrected chi connectivity index (χ4v) is 5.32. The second-order valence-electron chi connectivity index (χ2n) is 9.99. The number of benzene rings is 1. The van der Waals surface area contributed by atoms with E-state index >= 15 is 0 Å². The van der Waals surface area contributed by atoms with Gasteiger partial charge >= 0.3 is 0 Å². The van der Waals surface area contributed by atoms with E-state index in [-0.39, 0.29) is 24.1 Å². The molecular weight excluding hydrogens is 464 g/mol. The number of carbonyl (C=O) groups excluding carboxylic acids is 1. The zero-order valence-electron chi connectivity index (χ0n) is 21.5. The summed E-state index contributed by atoms with van der Waals surface area (Å²) in [5, 5.41) is 13.5. The van der Waals surface area contributed by atoms with Gasteiger partial charge in [0.2, 0.25) is 0 Å². The van der Waals surface area contributed by atoms with Crippen LogP contribution in [0.1, 0.15) is 52.0 Å². The number of nitrogens with one attached hydrogen (secondary N) is 1. The van der Waals surface area contributed by atoms with Crippen molar-refractivity contribution >= 4 is 11.7 Å². The average Bonchev–Trinajstić information content (AvgIpc) is 3.55. The lowest BCUT2D eigenvalue weighted by molar-refractivity contribution is -0.128. The van der Waals surface area contributed by atoms with E-state index < -0.39 is 17.4 Å². The van der Waals surface area contributed by atoms with E-state index in [1.54, 1.807) is 17.9 Å². The van der Waals surface area contributed by atoms with Crippen LogP contribution in [0, 0.1) is 11.6 Å². The lowest BCUT2D eigenvalue weighted by atomic mass is 10.1. The third-order valence-corrected chi connectivity index (χ3v) is 7.26. The van der Waals surface area contributed by atoms with Crippen LogP contribution in [0.25, 0.3) is 0 Å². The number of allylic oxidation sites excluding steroid dienone is 2. The fourth-order valence-electron chi connectivity index (χ4n) is 5.32. The zero-order valence-corrected chi connectivity index (χ0v) is 21.5. The van der Waals surface area contributed by atoms with E-state index in [1.807, 2.05) is 18.7 Å². The Kier molecular flexibility index (Phi) is 8.28. The Morgan fingerprint density at radius 3 is 2.56 bits per heavy atom. The Morgan fingerprint density at radius 2 is 1.86 bits per heavy atom. The highest BCUT2D eigenvalue weighted by molar-refractivity contribution is 6.04. The van der Waals surface area contributed by atoms with E-state index in [1.165, 1.54) is 12.8 Å². The number of nitrogens with zero attached hydrogens (tertiary/aromatic N) is 4. The normalized spacial score (nSPS) is 22.5. The number of rotatable bonds is 6. The smallest absolute Gasteiger partial charge is 0.272 e. The molecule has 0 radical (unpaired) electrons. The average molecular weight is 502 g/mol. The molecule has 1 aromatic rings. The van der Waals surface area contributed by atoms with Crippen molar-refractivity contribution in [2.24, 2.45) is 4.99 Å². The highest BCUT2D eigenvalue weighted by atomic mass is 19.1. The van der Waals surface area contributed by atoms with Gasteiger partial charge in [-0.15, -0.1) is 0 Å². The van der Waals surface area contributed by atoms with Crippen molar-refractivity contribution < 1.29 is 18.7 Å². The van der Waals surface area contributed by atoms with Crippen LogP contribution in [0.5, 0.6) is 5.75 Å². The van der Waals surface area contributed by atoms with Crippen LogP contribution >= 0.6 is 0 Å². The molecule has 36 heavy (non-hydrogen) atoms. The maximum absolute atomic E-state index is 14.5. The van der Waals surface area contributed by atoms with Gasteiger partial charge in [0.25, 0.3) is 5.91 Å². The van der Waals surface area contributed by atoms with Gasteiger partial charge < -0.3 is 25.1 Å². The molecule has 0 spiro atoms. The van der Waals surface area contributed by atoms with E-state index in [9.17, 15) is 18.7 Å². The van der Waals surface area contributed by atoms with Crippen LogP contribution in [0.2, 0.25) is 0 Å². The predicted molar refractivity (Wildman–Crippen MR) is 136 cm³/mol. The molecule has 3 fully saturated rings. The Bertz CT molecular complexity index is 1070. The van der Waals surface area contributed by atoms with Crippen molar-refractivity contribution in [3.63, 3.8) is 0 Å². The first kappa shape index (κ1) is 26.1. The topological polar surface area (TPSA) is 71.4 Å². The highest BCUT2D eigenvalue weighted by Gasteiger charge is 2.33. The quantitative estimate of drug-likeness (QED) is 0.581. The van der Waals surface area contributed by atoms with Gasteiger partial charge in [-0.3, -0.25) is 4.79 Å². The van der Waals surface area contributed by atoms with Crippen LogP contribution in [0.4, 0.5) is 8.78 Å². The van der Waals surface area contributed by atoms with Crippen molar-refractivity contribution in [3.05, 3.63) is 52.4 Å². The molecule has 7 nitrogen and oxygen atoms in total. The summed E-state index contributed by atoms with van der Waals surface area (Å²) in [4.78, 5) is 24.6. The van der Waals surface area contributed by atoms with Crippen molar-refractivity contribution in [1.82, 2.24) is 20.0 Å². The monoisotopic (exact) mass is 501 g/mol. The number of phenolic OH excluding ortho intramolecular Hbond substituents is 1. The maximum atomic E-state index is 14.5. The molecule has 3 heterocycles. The summed E-state index contributed by atoms with van der Waals surface area (Å²) in [6.45, 7) is 10.4. The molecule has 0 bridgehead atoms. The minimum atomic E-state index is -0.871. The summed E-state index contributed by atoms with van der Waals surface area (Å²) in [5.74, 6) is -1.87. The van der Waals surface area contributed by atoms with Gasteiger partial charge in [0.1, 0.15) is 11.5 Å². The molecule has 4 rings (SSSR count). The third kappa shape index (κ3) is 5.56. The first-order chi connectivity index (χ1) is 17.3. The van der Waals surface area contributed by atoms with Gasteiger partial charge in [-0.05, 0) is 77.2 Å². The summed E-state index contributed by atoms with van der Waals surface area (Å²) >= 11 is 0. The lowest BCUT2D eigenvalue weighted by Crippen LogP contribution is -2.47. The van der Waals surface area contributed by atoms with Gasteiger partial charge in [-0.2, -0.15) is 0 Å². The molecule has 196 valence electrons. The number of halogens is 2. The molecule has 2 N–H and O–H groups in total. The summed E-state index contributed by atoms with van der Waals surface area (Å²) in [6.07, 6.45) is 6.11. The number of hydrogen-bond acceptors (Lipinski definition) is 5. The van der Waals surface area contributed by atoms with Crippen LogP contribution in [-0.2, 0) is 11.3 Å². The van der Waals surface area contributed by atoms with Crippen molar-refractivity contribution in [3.8, 4) is 5.75 Å². The lowest BCUT2D eigenvalue weighted by Gasteiger charge is -2.34. The second-order valence-corrected chi connectivity index (χ2v) is 9.99. The third-order valence-electron chi connectivity index (χ3n) is 7.26. The molecule has 0 aliphatic carbocycles. The number of aliphatic imine (C=N–C) groups is 1. The summed E-state index contributed by atoms with van der Waals surface area (Å²) in [5.41, 5.74) is 1.91. The number of hydrogen-bond donors (Lipinski definition) is 2. The van der Waals surface area contributed by atoms with E-state index in [0.29, 0.717) is 31.2 Å². The molecule has 1 aromatic carbocycles. The first-order valence-electron chi connectivity index (χ1n) is 12.9. The predicted octanol–water partition coefficient (Wildman–Crippen LogP) is 3.76. The molecule has 1 unspecified atom stereocenters. The number of amides is 1. The molecule has 1 atom stereocenters. The minimum absolute atomic E-state index is 0.0702. The molecule has 3 saturated heterocycles. The van der Waals surface area contributed by atoms with E-state index in [0.717, 1.165) is 55.9 Å². The Morgan fingerprint density at radius 1 is 1.14 bits per heavy atom. The molecule has 0 saturated carbocycles. The highest BCUT2D eigenvalue weighted by Crippen LogP contribution is 2.28. The number of phenols is 1. The fraction of sp³-hybridized carbons (Fsp3) is 0.556. The van der Waals surface area contributed by atoms with Crippen LogP contribution in [0.15, 0.2) is 40.2 Å². The molecule has 3 aliphatic rings. The van der Waals surface area contributed by atoms with Gasteiger partial charge in [0.15, 0.2) is 17.4 Å². The SMILES string of the molecule is C/C=C(\N=C1C(=C(C)C)NCCN1Cc1c(F)ccc(F)c1O)C(=O)N1CCCC1CN1CCCC1. The minimum Gasteiger partial charge on any atom is -0.505 e. The Balaban J connectivity index is 1.62. The van der Waals surface area contributed by atoms with E-state index in [2.05, 4.69) is 10.2 Å². The Hall–Kier alpha value is -2.94. The second kappa shape index (κ2) is 11.4. The zero-order chi connectivity index (χ0) is 25.8. The van der Waals surface area contributed by atoms with Gasteiger partial charge in [0.05, 0.1) is 17.8 Å². The molecule has 9 heteroatoms. The number of aromatic hydroxyl groups is 1. The van der Waals surface area contributed by atoms with Gasteiger partial charge in [-0.1, -0.05) is 6.08 Å². The van der Waals surface area contributed by atoms with Crippen LogP contribution in [0.3, 0.4) is 0 Å². The molecule has 3 aliphatic heterocycles. The van der Waals surface area contributed by atoms with Gasteiger partial charge in [-0.25, -0.2) is 13.8 Å². The molecule has 1 amide bonds. The van der Waals surface area contributed by atoms with Crippen molar-refractivity contribution in [1.29, 1.82) is 0 Å². The van der Waals surface area contributed by atoms with E-state index in [4.69, 9.17) is 4.99 Å². The maximum Gasteiger partial charge on any atom is 0.272 e. The van der Waals surface area contributed by atoms with Crippen LogP contribution in [-0.4, -0.2) is 76.9 Å². The molecular formula is C27H37F2N5O2. The van der Waals surface area contributed by atoms with Crippen molar-refractivity contribution in [2.75, 3.05) is 39.3 Å². The van der Waals surface area contributed by atoms with Crippen LogP contribution < -0.4 is 5.32 Å². The summed E-state index contributed by atoms with van der Waals surface area (Å²) in [6, 6.07) is 2.10. The summed E-state index contributed by atoms with van der Waals surface area (Å²) < 4.78 is 28.5. The standard InChI is InChI=1S/C27H37F2N5O2/c1-4-23(27(36)34-14-7-8-19(34)16-32-12-5-6-13-32)31-26-24(18(2)3)30-11-15-33(26)17-20-21(28)9-10-22(29)25(20)35/h4,9-10,19,30,35H,5-8,11-17H2,1-3H3/b23-4-,31-26?. The Labute approximate surface area is 212 Å². The summed E-state index contributed by atoms with van der Waals surface area (Å²) in [7, 11) is 0. The number of amidine groups is 1. The largest absolute Gasteiger partial charge is 0.505 e.